The lowest BCUT2D eigenvalue weighted by Crippen LogP contribution is -1.95. The summed E-state index contributed by atoms with van der Waals surface area (Å²) in [5, 5.41) is 7.58. The standard InChI is InChI=1S/C50H33N.C2H6/c1-4-15-34(16-5-1)38-29-32-43-45(33-38)49(36-19-8-3-9-20-36)42-22-11-10-21-41(42)48(43)37-27-30-39(31-28-37)51-46-25-13-12-23-44(46)50-40(24-14-26-47(50)51)35-17-6-2-7-18-35;1-2/h1-33H;1-2H3. The summed E-state index contributed by atoms with van der Waals surface area (Å²) in [6.07, 6.45) is 0. The molecule has 0 atom stereocenters. The molecule has 252 valence electrons. The average Bonchev–Trinajstić information content (AvgIpc) is 3.59. The monoisotopic (exact) mass is 677 g/mol. The Morgan fingerprint density at radius 2 is 0.774 bits per heavy atom. The van der Waals surface area contributed by atoms with E-state index in [1.54, 1.807) is 0 Å². The van der Waals surface area contributed by atoms with Gasteiger partial charge in [0.1, 0.15) is 0 Å². The van der Waals surface area contributed by atoms with Gasteiger partial charge in [0.15, 0.2) is 0 Å². The van der Waals surface area contributed by atoms with Crippen LogP contribution in [0.4, 0.5) is 0 Å². The summed E-state index contributed by atoms with van der Waals surface area (Å²) < 4.78 is 2.42. The van der Waals surface area contributed by atoms with E-state index in [2.05, 4.69) is 205 Å². The van der Waals surface area contributed by atoms with Gasteiger partial charge in [-0.2, -0.15) is 0 Å². The zero-order valence-corrected chi connectivity index (χ0v) is 30.0. The van der Waals surface area contributed by atoms with Crippen molar-refractivity contribution in [2.45, 2.75) is 13.8 Å². The molecule has 0 saturated heterocycles. The van der Waals surface area contributed by atoms with Crippen LogP contribution in [0.5, 0.6) is 0 Å². The molecular weight excluding hydrogens is 639 g/mol. The smallest absolute Gasteiger partial charge is 0.0547 e. The van der Waals surface area contributed by atoms with Gasteiger partial charge in [0.2, 0.25) is 0 Å². The van der Waals surface area contributed by atoms with Gasteiger partial charge in [-0.3, -0.25) is 0 Å². The third-order valence-electron chi connectivity index (χ3n) is 10.4. The van der Waals surface area contributed by atoms with Gasteiger partial charge in [-0.05, 0) is 96.4 Å². The van der Waals surface area contributed by atoms with Crippen molar-refractivity contribution in [1.82, 2.24) is 4.57 Å². The lowest BCUT2D eigenvalue weighted by molar-refractivity contribution is 1.18. The lowest BCUT2D eigenvalue weighted by atomic mass is 9.85. The maximum atomic E-state index is 2.42. The maximum absolute atomic E-state index is 2.42. The Kier molecular flexibility index (Phi) is 8.38. The van der Waals surface area contributed by atoms with Crippen LogP contribution in [-0.2, 0) is 0 Å². The first kappa shape index (κ1) is 32.2. The van der Waals surface area contributed by atoms with Gasteiger partial charge < -0.3 is 4.57 Å². The molecular formula is C52H39N. The van der Waals surface area contributed by atoms with Gasteiger partial charge in [0.25, 0.3) is 0 Å². The van der Waals surface area contributed by atoms with Crippen LogP contribution in [0.15, 0.2) is 200 Å². The highest BCUT2D eigenvalue weighted by Gasteiger charge is 2.19. The summed E-state index contributed by atoms with van der Waals surface area (Å²) >= 11 is 0. The molecule has 1 nitrogen and oxygen atoms in total. The number of benzene rings is 9. The molecule has 0 amide bonds. The molecule has 10 rings (SSSR count). The van der Waals surface area contributed by atoms with Crippen molar-refractivity contribution >= 4 is 43.4 Å². The van der Waals surface area contributed by atoms with Crippen molar-refractivity contribution in [1.29, 1.82) is 0 Å². The molecule has 0 aliphatic heterocycles. The molecule has 10 aromatic rings. The number of para-hydroxylation sites is 1. The summed E-state index contributed by atoms with van der Waals surface area (Å²) in [4.78, 5) is 0. The number of rotatable bonds is 5. The second kappa shape index (κ2) is 13.8. The molecule has 1 aromatic heterocycles. The molecule has 9 aromatic carbocycles. The molecule has 0 N–H and O–H groups in total. The summed E-state index contributed by atoms with van der Waals surface area (Å²) in [7, 11) is 0. The molecule has 0 spiro atoms. The highest BCUT2D eigenvalue weighted by molar-refractivity contribution is 6.22. The van der Waals surface area contributed by atoms with E-state index < -0.39 is 0 Å². The van der Waals surface area contributed by atoms with Crippen LogP contribution in [-0.4, -0.2) is 4.57 Å². The van der Waals surface area contributed by atoms with Gasteiger partial charge in [-0.15, -0.1) is 0 Å². The zero-order chi connectivity index (χ0) is 35.7. The molecule has 0 bridgehead atoms. The van der Waals surface area contributed by atoms with Crippen LogP contribution in [0.25, 0.3) is 93.5 Å². The van der Waals surface area contributed by atoms with Crippen molar-refractivity contribution in [3.8, 4) is 50.2 Å². The van der Waals surface area contributed by atoms with Crippen molar-refractivity contribution in [3.05, 3.63) is 200 Å². The second-order valence-electron chi connectivity index (χ2n) is 13.3. The Hall–Kier alpha value is -6.70. The Labute approximate surface area is 311 Å². The minimum atomic E-state index is 1.15. The molecule has 1 heteroatoms. The minimum Gasteiger partial charge on any atom is -0.309 e. The van der Waals surface area contributed by atoms with Gasteiger partial charge in [0.05, 0.1) is 11.0 Å². The van der Waals surface area contributed by atoms with E-state index in [9.17, 15) is 0 Å². The van der Waals surface area contributed by atoms with Crippen LogP contribution in [0.3, 0.4) is 0 Å². The SMILES string of the molecule is CC.c1ccc(-c2ccc3c(-c4ccc(-n5c6ccccc6c6c(-c7ccccc7)cccc65)cc4)c4ccccc4c(-c4ccccc4)c3c2)cc1. The fourth-order valence-electron chi connectivity index (χ4n) is 8.15. The van der Waals surface area contributed by atoms with E-state index in [1.165, 1.54) is 87.9 Å². The molecule has 0 aliphatic rings. The quantitative estimate of drug-likeness (QED) is 0.160. The predicted molar refractivity (Wildman–Crippen MR) is 229 cm³/mol. The van der Waals surface area contributed by atoms with Crippen LogP contribution >= 0.6 is 0 Å². The third kappa shape index (κ3) is 5.50. The fraction of sp³-hybridized carbons (Fsp3) is 0.0385. The summed E-state index contributed by atoms with van der Waals surface area (Å²) in [5.74, 6) is 0. The lowest BCUT2D eigenvalue weighted by Gasteiger charge is -2.19. The van der Waals surface area contributed by atoms with E-state index in [1.807, 2.05) is 13.8 Å². The summed E-state index contributed by atoms with van der Waals surface area (Å²) in [6.45, 7) is 4.00. The highest BCUT2D eigenvalue weighted by atomic mass is 15.0. The van der Waals surface area contributed by atoms with E-state index in [0.717, 1.165) is 5.69 Å². The van der Waals surface area contributed by atoms with Crippen molar-refractivity contribution < 1.29 is 0 Å². The van der Waals surface area contributed by atoms with E-state index >= 15 is 0 Å². The number of aromatic nitrogens is 1. The Bertz CT molecular complexity index is 2860. The molecule has 1 heterocycles. The average molecular weight is 678 g/mol. The number of nitrogens with zero attached hydrogens (tertiary/aromatic N) is 1. The number of fused-ring (bicyclic) bond motifs is 5. The van der Waals surface area contributed by atoms with Gasteiger partial charge >= 0.3 is 0 Å². The minimum absolute atomic E-state index is 1.15. The molecule has 0 fully saturated rings. The third-order valence-corrected chi connectivity index (χ3v) is 10.4. The number of hydrogen-bond donors (Lipinski definition) is 0. The number of hydrogen-bond acceptors (Lipinski definition) is 0. The second-order valence-corrected chi connectivity index (χ2v) is 13.3. The zero-order valence-electron chi connectivity index (χ0n) is 30.0. The first-order valence-corrected chi connectivity index (χ1v) is 18.6. The molecule has 0 unspecified atom stereocenters. The normalized spacial score (nSPS) is 11.2. The highest BCUT2D eigenvalue weighted by Crippen LogP contribution is 2.45. The summed E-state index contributed by atoms with van der Waals surface area (Å²) in [6, 6.07) is 72.9. The van der Waals surface area contributed by atoms with Crippen molar-refractivity contribution in [2.75, 3.05) is 0 Å². The van der Waals surface area contributed by atoms with Gasteiger partial charge in [0, 0.05) is 16.5 Å². The molecule has 0 saturated carbocycles. The van der Waals surface area contributed by atoms with Crippen LogP contribution in [0.1, 0.15) is 13.8 Å². The Balaban J connectivity index is 0.00000183. The van der Waals surface area contributed by atoms with E-state index in [-0.39, 0.29) is 0 Å². The summed E-state index contributed by atoms with van der Waals surface area (Å²) in [5.41, 5.74) is 13.5. The van der Waals surface area contributed by atoms with Gasteiger partial charge in [-0.25, -0.2) is 0 Å². The largest absolute Gasteiger partial charge is 0.309 e. The van der Waals surface area contributed by atoms with Crippen molar-refractivity contribution in [2.24, 2.45) is 0 Å². The van der Waals surface area contributed by atoms with Crippen molar-refractivity contribution in [3.63, 3.8) is 0 Å². The van der Waals surface area contributed by atoms with E-state index in [4.69, 9.17) is 0 Å². The van der Waals surface area contributed by atoms with Crippen LogP contribution in [0.2, 0.25) is 0 Å². The Morgan fingerprint density at radius 3 is 1.43 bits per heavy atom. The van der Waals surface area contributed by atoms with Crippen LogP contribution < -0.4 is 0 Å². The predicted octanol–water partition coefficient (Wildman–Crippen LogP) is 14.8. The topological polar surface area (TPSA) is 4.93 Å². The molecule has 0 aliphatic carbocycles. The Morgan fingerprint density at radius 1 is 0.302 bits per heavy atom. The first-order valence-electron chi connectivity index (χ1n) is 18.6. The van der Waals surface area contributed by atoms with Crippen LogP contribution in [0, 0.1) is 0 Å². The fourth-order valence-corrected chi connectivity index (χ4v) is 8.15. The maximum Gasteiger partial charge on any atom is 0.0547 e. The molecule has 0 radical (unpaired) electrons. The van der Waals surface area contributed by atoms with E-state index in [0.29, 0.717) is 0 Å². The first-order chi connectivity index (χ1) is 26.3. The van der Waals surface area contributed by atoms with Gasteiger partial charge in [-0.1, -0.05) is 184 Å². The molecule has 53 heavy (non-hydrogen) atoms.